The highest BCUT2D eigenvalue weighted by Gasteiger charge is 2.25. The lowest BCUT2D eigenvalue weighted by Gasteiger charge is -2.15. The van der Waals surface area contributed by atoms with Crippen molar-refractivity contribution in [2.45, 2.75) is 13.8 Å². The smallest absolute Gasteiger partial charge is 0.270 e. The predicted octanol–water partition coefficient (Wildman–Crippen LogP) is 2.05. The third-order valence-corrected chi connectivity index (χ3v) is 4.64. The first-order chi connectivity index (χ1) is 11.1. The van der Waals surface area contributed by atoms with Gasteiger partial charge in [0.05, 0.1) is 11.1 Å². The monoisotopic (exact) mass is 331 g/mol. The molecule has 0 radical (unpaired) electrons. The average molecular weight is 331 g/mol. The zero-order valence-corrected chi connectivity index (χ0v) is 13.3. The minimum atomic E-state index is -0.288. The second kappa shape index (κ2) is 5.20. The van der Waals surface area contributed by atoms with E-state index in [4.69, 9.17) is 9.47 Å². The van der Waals surface area contributed by atoms with E-state index in [9.17, 15) is 4.79 Å². The van der Waals surface area contributed by atoms with Crippen molar-refractivity contribution in [3.05, 3.63) is 21.5 Å². The number of ether oxygens (including phenoxy) is 2. The summed E-state index contributed by atoms with van der Waals surface area (Å²) in [5.74, 6) is 1.24. The number of nitrogens with one attached hydrogen (secondary N) is 2. The third-order valence-electron chi connectivity index (χ3n) is 3.70. The molecule has 0 saturated heterocycles. The first kappa shape index (κ1) is 13.9. The largest absolute Gasteiger partial charge is 0.485 e. The maximum absolute atomic E-state index is 12.6. The lowest BCUT2D eigenvalue weighted by Crippen LogP contribution is -2.18. The minimum Gasteiger partial charge on any atom is -0.485 e. The Labute approximate surface area is 134 Å². The van der Waals surface area contributed by atoms with E-state index in [-0.39, 0.29) is 5.91 Å². The predicted molar refractivity (Wildman–Crippen MR) is 84.4 cm³/mol. The normalized spacial score (nSPS) is 13.3. The molecular weight excluding hydrogens is 318 g/mol. The van der Waals surface area contributed by atoms with Gasteiger partial charge in [0.2, 0.25) is 0 Å². The topological polar surface area (TPSA) is 102 Å². The number of aryl methyl sites for hydroxylation is 2. The molecule has 2 N–H and O–H groups in total. The highest BCUT2D eigenvalue weighted by Crippen LogP contribution is 2.39. The molecule has 0 aromatic carbocycles. The average Bonchev–Trinajstić information content (AvgIpc) is 3.15. The fourth-order valence-corrected chi connectivity index (χ4v) is 3.24. The van der Waals surface area contributed by atoms with Gasteiger partial charge in [0, 0.05) is 5.38 Å². The molecule has 0 bridgehead atoms. The molecule has 3 aromatic rings. The number of hydrogen-bond acceptors (Lipinski definition) is 7. The number of thiophene rings is 1. The maximum atomic E-state index is 12.6. The van der Waals surface area contributed by atoms with Crippen LogP contribution in [0.4, 0.5) is 5.82 Å². The summed E-state index contributed by atoms with van der Waals surface area (Å²) in [4.78, 5) is 13.0. The molecule has 3 aromatic heterocycles. The van der Waals surface area contributed by atoms with E-state index >= 15 is 0 Å². The van der Waals surface area contributed by atoms with Crippen LogP contribution in [-0.2, 0) is 0 Å². The first-order valence-corrected chi connectivity index (χ1v) is 7.89. The van der Waals surface area contributed by atoms with Crippen LogP contribution in [0.5, 0.6) is 11.5 Å². The van der Waals surface area contributed by atoms with Gasteiger partial charge >= 0.3 is 0 Å². The van der Waals surface area contributed by atoms with Crippen LogP contribution in [0.3, 0.4) is 0 Å². The zero-order valence-electron chi connectivity index (χ0n) is 12.5. The van der Waals surface area contributed by atoms with Crippen LogP contribution in [-0.4, -0.2) is 39.5 Å². The number of amides is 1. The van der Waals surface area contributed by atoms with E-state index in [1.165, 1.54) is 11.3 Å². The molecule has 1 aliphatic rings. The lowest BCUT2D eigenvalue weighted by atomic mass is 10.2. The summed E-state index contributed by atoms with van der Waals surface area (Å²) in [7, 11) is 0. The van der Waals surface area contributed by atoms with Gasteiger partial charge in [-0.3, -0.25) is 9.89 Å². The Kier molecular flexibility index (Phi) is 3.15. The standard InChI is InChI=1S/C14H13N5O3S/c1-6-7(2)16-18-13-9(6)12(17-19-13)15-14(20)11-10-8(5-23-11)21-3-4-22-10/h5H,3-4H2,1-2H3,(H2,15,17,18,19,20). The number of rotatable bonds is 2. The minimum absolute atomic E-state index is 0.288. The number of carbonyl (C=O) groups is 1. The van der Waals surface area contributed by atoms with Gasteiger partial charge in [-0.15, -0.1) is 16.4 Å². The summed E-state index contributed by atoms with van der Waals surface area (Å²) in [6, 6.07) is 0. The molecule has 1 aliphatic heterocycles. The van der Waals surface area contributed by atoms with Crippen LogP contribution in [0.2, 0.25) is 0 Å². The Morgan fingerprint density at radius 1 is 1.30 bits per heavy atom. The summed E-state index contributed by atoms with van der Waals surface area (Å²) in [6.45, 7) is 4.71. The fraction of sp³-hybridized carbons (Fsp3) is 0.286. The van der Waals surface area contributed by atoms with E-state index in [1.807, 2.05) is 13.8 Å². The van der Waals surface area contributed by atoms with Crippen molar-refractivity contribution in [2.75, 3.05) is 18.5 Å². The van der Waals surface area contributed by atoms with Gasteiger partial charge in [0.15, 0.2) is 23.0 Å². The third kappa shape index (κ3) is 2.20. The second-order valence-electron chi connectivity index (χ2n) is 5.12. The number of aromatic amines is 1. The molecule has 0 saturated carbocycles. The molecule has 1 amide bonds. The number of carbonyl (C=O) groups excluding carboxylic acids is 1. The van der Waals surface area contributed by atoms with Crippen LogP contribution >= 0.6 is 11.3 Å². The van der Waals surface area contributed by atoms with Crippen molar-refractivity contribution in [1.29, 1.82) is 0 Å². The van der Waals surface area contributed by atoms with Gasteiger partial charge in [0.1, 0.15) is 18.1 Å². The molecule has 118 valence electrons. The quantitative estimate of drug-likeness (QED) is 0.745. The Morgan fingerprint density at radius 3 is 3.00 bits per heavy atom. The molecule has 0 atom stereocenters. The van der Waals surface area contributed by atoms with Gasteiger partial charge in [-0.25, -0.2) is 0 Å². The van der Waals surface area contributed by atoms with Gasteiger partial charge in [-0.1, -0.05) is 0 Å². The molecule has 8 nitrogen and oxygen atoms in total. The number of aromatic nitrogens is 4. The molecule has 4 rings (SSSR count). The molecule has 4 heterocycles. The van der Waals surface area contributed by atoms with Gasteiger partial charge < -0.3 is 14.8 Å². The summed E-state index contributed by atoms with van der Waals surface area (Å²) < 4.78 is 11.0. The second-order valence-corrected chi connectivity index (χ2v) is 6.00. The maximum Gasteiger partial charge on any atom is 0.270 e. The zero-order chi connectivity index (χ0) is 16.0. The summed E-state index contributed by atoms with van der Waals surface area (Å²) >= 11 is 1.28. The number of H-pyrrole nitrogens is 1. The summed E-state index contributed by atoms with van der Waals surface area (Å²) in [6.07, 6.45) is 0. The van der Waals surface area contributed by atoms with Crippen molar-refractivity contribution >= 4 is 34.1 Å². The SMILES string of the molecule is Cc1nnc2[nH]nc(NC(=O)c3scc4c3OCCO4)c2c1C. The number of anilines is 1. The van der Waals surface area contributed by atoms with Crippen LogP contribution < -0.4 is 14.8 Å². The molecule has 0 fully saturated rings. The van der Waals surface area contributed by atoms with Crippen molar-refractivity contribution in [3.8, 4) is 11.5 Å². The fourth-order valence-electron chi connectivity index (χ4n) is 2.42. The Balaban J connectivity index is 1.70. The van der Waals surface area contributed by atoms with Gasteiger partial charge in [0.25, 0.3) is 5.91 Å². The van der Waals surface area contributed by atoms with Crippen molar-refractivity contribution in [2.24, 2.45) is 0 Å². The molecular formula is C14H13N5O3S. The Bertz CT molecular complexity index is 917. The highest BCUT2D eigenvalue weighted by molar-refractivity contribution is 7.13. The van der Waals surface area contributed by atoms with Gasteiger partial charge in [-0.2, -0.15) is 10.2 Å². The van der Waals surface area contributed by atoms with Gasteiger partial charge in [-0.05, 0) is 19.4 Å². The summed E-state index contributed by atoms with van der Waals surface area (Å²) in [5, 5.41) is 20.3. The lowest BCUT2D eigenvalue weighted by molar-refractivity contribution is 0.102. The van der Waals surface area contributed by atoms with E-state index in [1.54, 1.807) is 5.38 Å². The highest BCUT2D eigenvalue weighted by atomic mass is 32.1. The van der Waals surface area contributed by atoms with Crippen LogP contribution in [0, 0.1) is 13.8 Å². The molecule has 9 heteroatoms. The Hall–Kier alpha value is -2.68. The van der Waals surface area contributed by atoms with E-state index in [0.717, 1.165) is 16.6 Å². The summed E-state index contributed by atoms with van der Waals surface area (Å²) in [5.41, 5.74) is 2.25. The molecule has 0 aliphatic carbocycles. The molecule has 0 spiro atoms. The van der Waals surface area contributed by atoms with Crippen LogP contribution in [0.15, 0.2) is 5.38 Å². The first-order valence-electron chi connectivity index (χ1n) is 7.01. The van der Waals surface area contributed by atoms with Crippen molar-refractivity contribution in [3.63, 3.8) is 0 Å². The number of nitrogens with zero attached hydrogens (tertiary/aromatic N) is 3. The molecule has 23 heavy (non-hydrogen) atoms. The Morgan fingerprint density at radius 2 is 2.13 bits per heavy atom. The van der Waals surface area contributed by atoms with Crippen LogP contribution in [0.25, 0.3) is 11.0 Å². The van der Waals surface area contributed by atoms with E-state index in [2.05, 4.69) is 25.7 Å². The number of fused-ring (bicyclic) bond motifs is 2. The van der Waals surface area contributed by atoms with Crippen LogP contribution in [0.1, 0.15) is 20.9 Å². The van der Waals surface area contributed by atoms with E-state index < -0.39 is 0 Å². The van der Waals surface area contributed by atoms with E-state index in [0.29, 0.717) is 41.1 Å². The van der Waals surface area contributed by atoms with Crippen molar-refractivity contribution < 1.29 is 14.3 Å². The number of hydrogen-bond donors (Lipinski definition) is 2. The van der Waals surface area contributed by atoms with Crippen molar-refractivity contribution in [1.82, 2.24) is 20.4 Å². The molecule has 0 unspecified atom stereocenters.